The molecule has 0 fully saturated rings. The van der Waals surface area contributed by atoms with Gasteiger partial charge in [0, 0.05) is 24.0 Å². The summed E-state index contributed by atoms with van der Waals surface area (Å²) in [5.74, 6) is 0.948. The van der Waals surface area contributed by atoms with Crippen LogP contribution in [0.25, 0.3) is 0 Å². The Labute approximate surface area is 114 Å². The van der Waals surface area contributed by atoms with Crippen molar-refractivity contribution in [2.24, 2.45) is 0 Å². The molecule has 1 atom stereocenters. The van der Waals surface area contributed by atoms with E-state index < -0.39 is 0 Å². The molecular weight excluding hydrogens is 266 g/mol. The molecule has 0 saturated heterocycles. The molecule has 0 aliphatic carbocycles. The van der Waals surface area contributed by atoms with Gasteiger partial charge in [-0.1, -0.05) is 0 Å². The average Bonchev–Trinajstić information content (AvgIpc) is 3.02. The first-order chi connectivity index (χ1) is 8.81. The Kier molecular flexibility index (Phi) is 4.83. The summed E-state index contributed by atoms with van der Waals surface area (Å²) >= 11 is 3.18. The predicted octanol–water partition coefficient (Wildman–Crippen LogP) is 2.88. The molecule has 2 aromatic heterocycles. The Morgan fingerprint density at radius 1 is 1.56 bits per heavy atom. The van der Waals surface area contributed by atoms with E-state index in [4.69, 9.17) is 0 Å². The van der Waals surface area contributed by atoms with Crippen molar-refractivity contribution >= 4 is 34.1 Å². The number of hydrogen-bond acceptors (Lipinski definition) is 4. The lowest BCUT2D eigenvalue weighted by Crippen LogP contribution is -2.25. The maximum atomic E-state index is 12.2. The lowest BCUT2D eigenvalue weighted by molar-refractivity contribution is -0.119. The van der Waals surface area contributed by atoms with Gasteiger partial charge in [0.2, 0.25) is 5.91 Å². The summed E-state index contributed by atoms with van der Waals surface area (Å²) in [6, 6.07) is 3.70. The SMILES string of the molecule is CSCCC(C(=O)Nc1nccs1)n1cccc1. The van der Waals surface area contributed by atoms with Crippen LogP contribution in [-0.2, 0) is 4.79 Å². The highest BCUT2D eigenvalue weighted by atomic mass is 32.2. The van der Waals surface area contributed by atoms with Crippen LogP contribution >= 0.6 is 23.1 Å². The molecule has 0 bridgehead atoms. The zero-order chi connectivity index (χ0) is 12.8. The van der Waals surface area contributed by atoms with Crippen molar-refractivity contribution in [2.45, 2.75) is 12.5 Å². The number of nitrogens with zero attached hydrogens (tertiary/aromatic N) is 2. The first kappa shape index (κ1) is 13.2. The molecule has 4 nitrogen and oxygen atoms in total. The summed E-state index contributed by atoms with van der Waals surface area (Å²) in [5.41, 5.74) is 0. The zero-order valence-electron chi connectivity index (χ0n) is 10.1. The van der Waals surface area contributed by atoms with E-state index in [1.807, 2.05) is 40.7 Å². The Morgan fingerprint density at radius 2 is 2.33 bits per heavy atom. The normalized spacial score (nSPS) is 12.3. The van der Waals surface area contributed by atoms with Crippen LogP contribution in [0, 0.1) is 0 Å². The summed E-state index contributed by atoms with van der Waals surface area (Å²) < 4.78 is 1.94. The minimum Gasteiger partial charge on any atom is -0.342 e. The second kappa shape index (κ2) is 6.61. The number of carbonyl (C=O) groups excluding carboxylic acids is 1. The molecule has 2 rings (SSSR count). The third-order valence-electron chi connectivity index (χ3n) is 2.55. The standard InChI is InChI=1S/C12H15N3OS2/c1-17-8-4-10(15-6-2-3-7-15)11(16)14-12-13-5-9-18-12/h2-3,5-7,9-10H,4,8H2,1H3,(H,13,14,16). The van der Waals surface area contributed by atoms with Gasteiger partial charge in [0.05, 0.1) is 0 Å². The molecule has 2 heterocycles. The van der Waals surface area contributed by atoms with Crippen molar-refractivity contribution in [1.29, 1.82) is 0 Å². The number of amides is 1. The minimum absolute atomic E-state index is 0.00444. The van der Waals surface area contributed by atoms with Gasteiger partial charge < -0.3 is 9.88 Å². The van der Waals surface area contributed by atoms with E-state index in [0.717, 1.165) is 12.2 Å². The van der Waals surface area contributed by atoms with Crippen molar-refractivity contribution < 1.29 is 4.79 Å². The van der Waals surface area contributed by atoms with E-state index in [1.165, 1.54) is 11.3 Å². The van der Waals surface area contributed by atoms with E-state index >= 15 is 0 Å². The highest BCUT2D eigenvalue weighted by Crippen LogP contribution is 2.18. The van der Waals surface area contributed by atoms with Gasteiger partial charge in [-0.2, -0.15) is 11.8 Å². The third-order valence-corrected chi connectivity index (χ3v) is 3.88. The topological polar surface area (TPSA) is 46.9 Å². The highest BCUT2D eigenvalue weighted by Gasteiger charge is 2.19. The van der Waals surface area contributed by atoms with Crippen LogP contribution in [0.2, 0.25) is 0 Å². The molecule has 0 spiro atoms. The molecule has 0 aromatic carbocycles. The summed E-state index contributed by atoms with van der Waals surface area (Å²) in [5, 5.41) is 5.36. The number of hydrogen-bond donors (Lipinski definition) is 1. The second-order valence-corrected chi connectivity index (χ2v) is 5.63. The van der Waals surface area contributed by atoms with E-state index in [-0.39, 0.29) is 11.9 Å². The summed E-state index contributed by atoms with van der Waals surface area (Å²) in [6.07, 6.45) is 8.39. The Morgan fingerprint density at radius 3 is 2.94 bits per heavy atom. The molecule has 0 radical (unpaired) electrons. The van der Waals surface area contributed by atoms with Crippen molar-refractivity contribution in [2.75, 3.05) is 17.3 Å². The molecule has 0 aliphatic rings. The molecule has 96 valence electrons. The van der Waals surface area contributed by atoms with Crippen molar-refractivity contribution in [3.05, 3.63) is 36.1 Å². The fourth-order valence-electron chi connectivity index (χ4n) is 1.67. The van der Waals surface area contributed by atoms with Gasteiger partial charge in [0.1, 0.15) is 6.04 Å². The molecule has 18 heavy (non-hydrogen) atoms. The van der Waals surface area contributed by atoms with Gasteiger partial charge in [-0.3, -0.25) is 4.79 Å². The second-order valence-electron chi connectivity index (χ2n) is 3.75. The van der Waals surface area contributed by atoms with Gasteiger partial charge in [0.15, 0.2) is 5.13 Å². The van der Waals surface area contributed by atoms with E-state index in [0.29, 0.717) is 5.13 Å². The minimum atomic E-state index is -0.170. The van der Waals surface area contributed by atoms with Crippen molar-refractivity contribution in [3.8, 4) is 0 Å². The molecule has 6 heteroatoms. The number of anilines is 1. The van der Waals surface area contributed by atoms with E-state index in [2.05, 4.69) is 10.3 Å². The smallest absolute Gasteiger partial charge is 0.249 e. The van der Waals surface area contributed by atoms with Crippen LogP contribution in [-0.4, -0.2) is 27.5 Å². The van der Waals surface area contributed by atoms with Crippen LogP contribution in [0.15, 0.2) is 36.1 Å². The number of rotatable bonds is 6. The number of nitrogens with one attached hydrogen (secondary N) is 1. The lowest BCUT2D eigenvalue weighted by Gasteiger charge is -2.17. The van der Waals surface area contributed by atoms with Crippen molar-refractivity contribution in [3.63, 3.8) is 0 Å². The largest absolute Gasteiger partial charge is 0.342 e. The fourth-order valence-corrected chi connectivity index (χ4v) is 2.67. The molecule has 1 amide bonds. The predicted molar refractivity (Wildman–Crippen MR) is 77.2 cm³/mol. The monoisotopic (exact) mass is 281 g/mol. The molecular formula is C12H15N3OS2. The molecule has 0 aliphatic heterocycles. The molecule has 2 aromatic rings. The quantitative estimate of drug-likeness (QED) is 0.885. The van der Waals surface area contributed by atoms with Crippen LogP contribution < -0.4 is 5.32 Å². The Bertz CT molecular complexity index is 467. The number of carbonyl (C=O) groups is 1. The van der Waals surface area contributed by atoms with Crippen LogP contribution in [0.3, 0.4) is 0 Å². The molecule has 0 saturated carbocycles. The van der Waals surface area contributed by atoms with E-state index in [1.54, 1.807) is 18.0 Å². The first-order valence-corrected chi connectivity index (χ1v) is 7.90. The van der Waals surface area contributed by atoms with Crippen LogP contribution in [0.1, 0.15) is 12.5 Å². The van der Waals surface area contributed by atoms with Crippen LogP contribution in [0.5, 0.6) is 0 Å². The number of aromatic nitrogens is 2. The zero-order valence-corrected chi connectivity index (χ0v) is 11.7. The fraction of sp³-hybridized carbons (Fsp3) is 0.333. The maximum Gasteiger partial charge on any atom is 0.249 e. The summed E-state index contributed by atoms with van der Waals surface area (Å²) in [6.45, 7) is 0. The Hall–Kier alpha value is -1.27. The summed E-state index contributed by atoms with van der Waals surface area (Å²) in [4.78, 5) is 16.3. The van der Waals surface area contributed by atoms with Gasteiger partial charge in [0.25, 0.3) is 0 Å². The third kappa shape index (κ3) is 3.36. The van der Waals surface area contributed by atoms with Gasteiger partial charge >= 0.3 is 0 Å². The van der Waals surface area contributed by atoms with Gasteiger partial charge in [-0.05, 0) is 30.6 Å². The van der Waals surface area contributed by atoms with Gasteiger partial charge in [-0.25, -0.2) is 4.98 Å². The molecule has 1 unspecified atom stereocenters. The highest BCUT2D eigenvalue weighted by molar-refractivity contribution is 7.98. The molecule has 1 N–H and O–H groups in total. The Balaban J connectivity index is 2.06. The number of thiazole rings is 1. The van der Waals surface area contributed by atoms with Crippen molar-refractivity contribution in [1.82, 2.24) is 9.55 Å². The summed E-state index contributed by atoms with van der Waals surface area (Å²) in [7, 11) is 0. The van der Waals surface area contributed by atoms with Gasteiger partial charge in [-0.15, -0.1) is 11.3 Å². The average molecular weight is 281 g/mol. The number of thioether (sulfide) groups is 1. The maximum absolute atomic E-state index is 12.2. The van der Waals surface area contributed by atoms with E-state index in [9.17, 15) is 4.79 Å². The van der Waals surface area contributed by atoms with Crippen LogP contribution in [0.4, 0.5) is 5.13 Å². The first-order valence-electron chi connectivity index (χ1n) is 5.63. The lowest BCUT2D eigenvalue weighted by atomic mass is 10.2.